The summed E-state index contributed by atoms with van der Waals surface area (Å²) >= 11 is 0. The van der Waals surface area contributed by atoms with Crippen molar-refractivity contribution in [2.75, 3.05) is 5.73 Å². The molecule has 0 radical (unpaired) electrons. The highest BCUT2D eigenvalue weighted by Crippen LogP contribution is 2.23. The molecule has 4 N–H and O–H groups in total. The Morgan fingerprint density at radius 1 is 1.29 bits per heavy atom. The van der Waals surface area contributed by atoms with Gasteiger partial charge in [0.2, 0.25) is 0 Å². The zero-order chi connectivity index (χ0) is 10.7. The van der Waals surface area contributed by atoms with Gasteiger partial charge >= 0.3 is 0 Å². The van der Waals surface area contributed by atoms with Gasteiger partial charge in [0.25, 0.3) is 5.69 Å². The molecule has 0 saturated carbocycles. The van der Waals surface area contributed by atoms with Crippen LogP contribution in [0.1, 0.15) is 11.1 Å². The third-order valence-corrected chi connectivity index (χ3v) is 1.74. The number of nitro groups is 1. The van der Waals surface area contributed by atoms with Gasteiger partial charge in [-0.3, -0.25) is 10.1 Å². The van der Waals surface area contributed by atoms with Gasteiger partial charge in [0.1, 0.15) is 5.69 Å². The van der Waals surface area contributed by atoms with Crippen LogP contribution in [0.5, 0.6) is 0 Å². The van der Waals surface area contributed by atoms with Gasteiger partial charge in [0, 0.05) is 29.6 Å². The van der Waals surface area contributed by atoms with Crippen molar-refractivity contribution in [3.63, 3.8) is 0 Å². The van der Waals surface area contributed by atoms with Crippen LogP contribution in [-0.2, 0) is 0 Å². The molecule has 0 fully saturated rings. The maximum atomic E-state index is 10.5. The van der Waals surface area contributed by atoms with Gasteiger partial charge in [-0.2, -0.15) is 0 Å². The van der Waals surface area contributed by atoms with Crippen molar-refractivity contribution in [2.24, 2.45) is 0 Å². The highest BCUT2D eigenvalue weighted by molar-refractivity contribution is 5.94. The zero-order valence-corrected chi connectivity index (χ0v) is 7.15. The number of hydrogen-bond donors (Lipinski definition) is 3. The standard InChI is InChI=1S/C8H8N4O2/c9-3-5-1-7(11)8(12(13)14)2-6(5)4-10/h1-4,9-10H,11H2. The lowest BCUT2D eigenvalue weighted by Crippen LogP contribution is -2.00. The molecule has 0 bridgehead atoms. The maximum absolute atomic E-state index is 10.5. The number of nitro benzene ring substituents is 1. The molecular weight excluding hydrogens is 184 g/mol. The predicted octanol–water partition coefficient (Wildman–Crippen LogP) is 1.17. The van der Waals surface area contributed by atoms with Gasteiger partial charge in [-0.25, -0.2) is 0 Å². The molecule has 6 heteroatoms. The number of anilines is 1. The van der Waals surface area contributed by atoms with Crippen LogP contribution in [0.2, 0.25) is 0 Å². The zero-order valence-electron chi connectivity index (χ0n) is 7.15. The average molecular weight is 192 g/mol. The van der Waals surface area contributed by atoms with Crippen LogP contribution in [0.3, 0.4) is 0 Å². The second-order valence-electron chi connectivity index (χ2n) is 2.59. The Hall–Kier alpha value is -2.24. The minimum atomic E-state index is -0.615. The van der Waals surface area contributed by atoms with E-state index in [1.165, 1.54) is 12.1 Å². The molecule has 0 unspecified atom stereocenters. The second-order valence-corrected chi connectivity index (χ2v) is 2.59. The Bertz CT molecular complexity index is 414. The van der Waals surface area contributed by atoms with Crippen molar-refractivity contribution in [1.29, 1.82) is 10.8 Å². The van der Waals surface area contributed by atoms with Crippen LogP contribution < -0.4 is 5.73 Å². The highest BCUT2D eigenvalue weighted by atomic mass is 16.6. The van der Waals surface area contributed by atoms with E-state index in [-0.39, 0.29) is 11.4 Å². The fraction of sp³-hybridized carbons (Fsp3) is 0. The predicted molar refractivity (Wildman–Crippen MR) is 53.3 cm³/mol. The molecular formula is C8H8N4O2. The first-order chi connectivity index (χ1) is 6.60. The molecule has 14 heavy (non-hydrogen) atoms. The molecule has 0 aliphatic rings. The van der Waals surface area contributed by atoms with Crippen LogP contribution in [0.4, 0.5) is 11.4 Å². The van der Waals surface area contributed by atoms with E-state index in [1.807, 2.05) is 0 Å². The summed E-state index contributed by atoms with van der Waals surface area (Å²) in [6.45, 7) is 0. The Kier molecular flexibility index (Phi) is 2.57. The Morgan fingerprint density at radius 3 is 2.21 bits per heavy atom. The summed E-state index contributed by atoms with van der Waals surface area (Å²) in [7, 11) is 0. The van der Waals surface area contributed by atoms with Crippen LogP contribution in [0.15, 0.2) is 12.1 Å². The largest absolute Gasteiger partial charge is 0.393 e. The molecule has 0 aromatic heterocycles. The highest BCUT2D eigenvalue weighted by Gasteiger charge is 2.13. The maximum Gasteiger partial charge on any atom is 0.292 e. The molecule has 1 aromatic rings. The summed E-state index contributed by atoms with van der Waals surface area (Å²) in [4.78, 5) is 9.87. The van der Waals surface area contributed by atoms with Crippen molar-refractivity contribution >= 4 is 23.8 Å². The second kappa shape index (κ2) is 3.65. The molecule has 1 aromatic carbocycles. The quantitative estimate of drug-likeness (QED) is 0.288. The average Bonchev–Trinajstić information content (AvgIpc) is 2.16. The summed E-state index contributed by atoms with van der Waals surface area (Å²) in [5.74, 6) is 0. The molecule has 0 aliphatic carbocycles. The van der Waals surface area contributed by atoms with E-state index in [0.717, 1.165) is 12.4 Å². The molecule has 0 saturated heterocycles. The van der Waals surface area contributed by atoms with E-state index in [1.54, 1.807) is 0 Å². The molecule has 0 heterocycles. The Balaban J connectivity index is 3.44. The summed E-state index contributed by atoms with van der Waals surface area (Å²) in [6, 6.07) is 2.49. The first-order valence-electron chi connectivity index (χ1n) is 3.69. The number of nitrogens with two attached hydrogens (primary N) is 1. The number of benzene rings is 1. The van der Waals surface area contributed by atoms with E-state index in [2.05, 4.69) is 0 Å². The van der Waals surface area contributed by atoms with E-state index in [4.69, 9.17) is 16.6 Å². The molecule has 0 atom stereocenters. The lowest BCUT2D eigenvalue weighted by Gasteiger charge is -2.02. The molecule has 1 rings (SSSR count). The third kappa shape index (κ3) is 1.58. The normalized spacial score (nSPS) is 9.43. The minimum Gasteiger partial charge on any atom is -0.393 e. The minimum absolute atomic E-state index is 0.000833. The number of hydrogen-bond acceptors (Lipinski definition) is 5. The van der Waals surface area contributed by atoms with E-state index >= 15 is 0 Å². The first kappa shape index (κ1) is 9.85. The van der Waals surface area contributed by atoms with Gasteiger partial charge in [0.15, 0.2) is 0 Å². The van der Waals surface area contributed by atoms with Crippen molar-refractivity contribution in [2.45, 2.75) is 0 Å². The van der Waals surface area contributed by atoms with Crippen LogP contribution in [0, 0.1) is 20.9 Å². The number of rotatable bonds is 3. The lowest BCUT2D eigenvalue weighted by molar-refractivity contribution is -0.383. The van der Waals surface area contributed by atoms with Crippen molar-refractivity contribution < 1.29 is 4.92 Å². The number of nitrogens with one attached hydrogen (secondary N) is 2. The van der Waals surface area contributed by atoms with Crippen LogP contribution in [0.25, 0.3) is 0 Å². The molecule has 0 amide bonds. The monoisotopic (exact) mass is 192 g/mol. The van der Waals surface area contributed by atoms with Gasteiger partial charge in [-0.05, 0) is 6.07 Å². The summed E-state index contributed by atoms with van der Waals surface area (Å²) < 4.78 is 0. The first-order valence-corrected chi connectivity index (χ1v) is 3.69. The van der Waals surface area contributed by atoms with E-state index in [9.17, 15) is 10.1 Å². The fourth-order valence-electron chi connectivity index (χ4n) is 1.05. The van der Waals surface area contributed by atoms with Gasteiger partial charge in [-0.1, -0.05) is 0 Å². The van der Waals surface area contributed by atoms with E-state index in [0.29, 0.717) is 11.1 Å². The van der Waals surface area contributed by atoms with Crippen molar-refractivity contribution in [3.8, 4) is 0 Å². The van der Waals surface area contributed by atoms with E-state index < -0.39 is 4.92 Å². The lowest BCUT2D eigenvalue weighted by atomic mass is 10.1. The summed E-state index contributed by atoms with van der Waals surface area (Å²) in [5, 5.41) is 24.5. The third-order valence-electron chi connectivity index (χ3n) is 1.74. The fourth-order valence-corrected chi connectivity index (χ4v) is 1.05. The Morgan fingerprint density at radius 2 is 1.79 bits per heavy atom. The van der Waals surface area contributed by atoms with Crippen LogP contribution >= 0.6 is 0 Å². The van der Waals surface area contributed by atoms with Crippen molar-refractivity contribution in [1.82, 2.24) is 0 Å². The summed E-state index contributed by atoms with van der Waals surface area (Å²) in [6.07, 6.45) is 1.95. The molecule has 0 aliphatic heterocycles. The van der Waals surface area contributed by atoms with Gasteiger partial charge in [0.05, 0.1) is 4.92 Å². The molecule has 72 valence electrons. The molecule has 0 spiro atoms. The van der Waals surface area contributed by atoms with Gasteiger partial charge < -0.3 is 16.6 Å². The topological polar surface area (TPSA) is 117 Å². The van der Waals surface area contributed by atoms with Crippen LogP contribution in [-0.4, -0.2) is 17.4 Å². The Labute approximate surface area is 79.5 Å². The smallest absolute Gasteiger partial charge is 0.292 e. The summed E-state index contributed by atoms with van der Waals surface area (Å²) in [5.41, 5.74) is 5.86. The number of nitrogens with zero attached hydrogens (tertiary/aromatic N) is 1. The van der Waals surface area contributed by atoms with Gasteiger partial charge in [-0.15, -0.1) is 0 Å². The van der Waals surface area contributed by atoms with Crippen molar-refractivity contribution in [3.05, 3.63) is 33.4 Å². The molecule has 6 nitrogen and oxygen atoms in total. The SMILES string of the molecule is N=Cc1cc(N)c([N+](=O)[O-])cc1C=N. The number of nitrogen functional groups attached to an aromatic ring is 1.